The summed E-state index contributed by atoms with van der Waals surface area (Å²) in [6.45, 7) is 7.79. The van der Waals surface area contributed by atoms with Crippen LogP contribution >= 0.6 is 0 Å². The monoisotopic (exact) mass is 238 g/mol. The van der Waals surface area contributed by atoms with Gasteiger partial charge in [0, 0.05) is 37.6 Å². The molecule has 0 radical (unpaired) electrons. The first-order chi connectivity index (χ1) is 8.22. The van der Waals surface area contributed by atoms with E-state index in [1.807, 2.05) is 26.5 Å². The number of likely N-dealkylation sites (N-methyl/N-ethyl adjacent to an activating group) is 1. The molecule has 1 heterocycles. The lowest BCUT2D eigenvalue weighted by molar-refractivity contribution is 0.119. The van der Waals surface area contributed by atoms with Crippen LogP contribution in [0, 0.1) is 0 Å². The van der Waals surface area contributed by atoms with Crippen molar-refractivity contribution in [3.05, 3.63) is 24.5 Å². The molecule has 17 heavy (non-hydrogen) atoms. The van der Waals surface area contributed by atoms with Crippen LogP contribution in [0.5, 0.6) is 0 Å². The van der Waals surface area contributed by atoms with E-state index in [0.717, 1.165) is 38.4 Å². The van der Waals surface area contributed by atoms with Crippen LogP contribution < -0.4 is 5.32 Å². The van der Waals surface area contributed by atoms with E-state index in [4.69, 9.17) is 4.74 Å². The predicted octanol–water partition coefficient (Wildman–Crippen LogP) is 0.651. The molecule has 0 atom stereocenters. The first-order valence-electron chi connectivity index (χ1n) is 5.81. The summed E-state index contributed by atoms with van der Waals surface area (Å²) < 4.78 is 7.17. The van der Waals surface area contributed by atoms with E-state index in [-0.39, 0.29) is 0 Å². The lowest BCUT2D eigenvalue weighted by atomic mass is 10.3. The molecular formula is C12H22N4O. The van der Waals surface area contributed by atoms with Crippen molar-refractivity contribution in [2.45, 2.75) is 6.54 Å². The van der Waals surface area contributed by atoms with Crippen LogP contribution in [0.4, 0.5) is 0 Å². The molecule has 0 saturated carbocycles. The van der Waals surface area contributed by atoms with Crippen LogP contribution in [-0.2, 0) is 11.3 Å². The maximum atomic E-state index is 5.47. The molecule has 0 aliphatic carbocycles. The van der Waals surface area contributed by atoms with E-state index in [9.17, 15) is 0 Å². The zero-order chi connectivity index (χ0) is 12.5. The topological polar surface area (TPSA) is 42.3 Å². The first-order valence-corrected chi connectivity index (χ1v) is 5.81. The quantitative estimate of drug-likeness (QED) is 0.642. The standard InChI is InChI=1S/C12H22N4O/c1-4-16-11-12(10-14-16)9-13-5-7-17-8-6-15(2)3/h4,10-11,13H,1,5-9H2,2-3H3. The molecule has 0 aliphatic heterocycles. The molecular weight excluding hydrogens is 216 g/mol. The molecule has 0 bridgehead atoms. The molecule has 0 spiro atoms. The molecule has 0 amide bonds. The molecule has 1 aromatic rings. The summed E-state index contributed by atoms with van der Waals surface area (Å²) in [7, 11) is 4.08. The molecule has 0 aliphatic rings. The molecule has 0 fully saturated rings. The normalized spacial score (nSPS) is 11.0. The minimum atomic E-state index is 0.740. The zero-order valence-corrected chi connectivity index (χ0v) is 10.7. The van der Waals surface area contributed by atoms with Crippen LogP contribution in [0.1, 0.15) is 5.56 Å². The van der Waals surface area contributed by atoms with Crippen molar-refractivity contribution >= 4 is 6.20 Å². The summed E-state index contributed by atoms with van der Waals surface area (Å²) in [5.41, 5.74) is 1.15. The van der Waals surface area contributed by atoms with Crippen LogP contribution in [0.3, 0.4) is 0 Å². The second-order valence-electron chi connectivity index (χ2n) is 4.10. The number of ether oxygens (including phenoxy) is 1. The lowest BCUT2D eigenvalue weighted by Crippen LogP contribution is -2.22. The second-order valence-corrected chi connectivity index (χ2v) is 4.10. The van der Waals surface area contributed by atoms with E-state index in [2.05, 4.69) is 21.9 Å². The van der Waals surface area contributed by atoms with Gasteiger partial charge in [-0.05, 0) is 14.1 Å². The summed E-state index contributed by atoms with van der Waals surface area (Å²) in [6, 6.07) is 0. The minimum absolute atomic E-state index is 0.740. The Morgan fingerprint density at radius 3 is 3.00 bits per heavy atom. The fraction of sp³-hybridized carbons (Fsp3) is 0.583. The number of aromatic nitrogens is 2. The van der Waals surface area contributed by atoms with Crippen LogP contribution in [-0.4, -0.2) is 55.1 Å². The van der Waals surface area contributed by atoms with Gasteiger partial charge in [-0.15, -0.1) is 0 Å². The Hall–Kier alpha value is -1.17. The van der Waals surface area contributed by atoms with Gasteiger partial charge in [-0.1, -0.05) is 6.58 Å². The van der Waals surface area contributed by atoms with Gasteiger partial charge < -0.3 is 15.0 Å². The molecule has 96 valence electrons. The molecule has 1 N–H and O–H groups in total. The molecule has 0 unspecified atom stereocenters. The van der Waals surface area contributed by atoms with E-state index in [1.165, 1.54) is 0 Å². The van der Waals surface area contributed by atoms with Crippen molar-refractivity contribution in [3.63, 3.8) is 0 Å². The van der Waals surface area contributed by atoms with Crippen LogP contribution in [0.25, 0.3) is 6.20 Å². The fourth-order valence-electron chi connectivity index (χ4n) is 1.29. The van der Waals surface area contributed by atoms with Gasteiger partial charge in [0.1, 0.15) is 0 Å². The summed E-state index contributed by atoms with van der Waals surface area (Å²) in [6.07, 6.45) is 5.46. The molecule has 1 rings (SSSR count). The molecule has 0 saturated heterocycles. The van der Waals surface area contributed by atoms with Crippen LogP contribution in [0.2, 0.25) is 0 Å². The maximum absolute atomic E-state index is 5.47. The smallest absolute Gasteiger partial charge is 0.0593 e. The lowest BCUT2D eigenvalue weighted by Gasteiger charge is -2.09. The van der Waals surface area contributed by atoms with E-state index in [1.54, 1.807) is 10.9 Å². The van der Waals surface area contributed by atoms with Crippen molar-refractivity contribution < 1.29 is 4.74 Å². The molecule has 5 heteroatoms. The minimum Gasteiger partial charge on any atom is -0.379 e. The van der Waals surface area contributed by atoms with Gasteiger partial charge in [0.25, 0.3) is 0 Å². The van der Waals surface area contributed by atoms with E-state index < -0.39 is 0 Å². The summed E-state index contributed by atoms with van der Waals surface area (Å²) in [5.74, 6) is 0. The van der Waals surface area contributed by atoms with Crippen molar-refractivity contribution in [1.82, 2.24) is 20.0 Å². The SMILES string of the molecule is C=Cn1cc(CNCCOCCN(C)C)cn1. The third-order valence-corrected chi connectivity index (χ3v) is 2.28. The molecule has 5 nitrogen and oxygen atoms in total. The van der Waals surface area contributed by atoms with Crippen LogP contribution in [0.15, 0.2) is 19.0 Å². The van der Waals surface area contributed by atoms with E-state index in [0.29, 0.717) is 0 Å². The molecule has 1 aromatic heterocycles. The highest BCUT2D eigenvalue weighted by atomic mass is 16.5. The fourth-order valence-corrected chi connectivity index (χ4v) is 1.29. The van der Waals surface area contributed by atoms with Crippen molar-refractivity contribution in [1.29, 1.82) is 0 Å². The predicted molar refractivity (Wildman–Crippen MR) is 69.7 cm³/mol. The van der Waals surface area contributed by atoms with Gasteiger partial charge in [-0.3, -0.25) is 0 Å². The highest BCUT2D eigenvalue weighted by Gasteiger charge is 1.96. The highest BCUT2D eigenvalue weighted by molar-refractivity contribution is 5.17. The first kappa shape index (κ1) is 13.9. The Labute approximate surface area is 103 Å². The Bertz CT molecular complexity index is 322. The van der Waals surface area contributed by atoms with Gasteiger partial charge >= 0.3 is 0 Å². The van der Waals surface area contributed by atoms with Gasteiger partial charge in [-0.2, -0.15) is 5.10 Å². The zero-order valence-electron chi connectivity index (χ0n) is 10.7. The average molecular weight is 238 g/mol. The second kappa shape index (κ2) is 8.00. The Morgan fingerprint density at radius 1 is 1.53 bits per heavy atom. The van der Waals surface area contributed by atoms with Gasteiger partial charge in [0.05, 0.1) is 19.4 Å². The summed E-state index contributed by atoms with van der Waals surface area (Å²) in [5, 5.41) is 7.41. The molecule has 0 aromatic carbocycles. The van der Waals surface area contributed by atoms with Crippen molar-refractivity contribution in [3.8, 4) is 0 Å². The van der Waals surface area contributed by atoms with Gasteiger partial charge in [0.15, 0.2) is 0 Å². The Morgan fingerprint density at radius 2 is 2.35 bits per heavy atom. The Balaban J connectivity index is 1.99. The maximum Gasteiger partial charge on any atom is 0.0593 e. The third kappa shape index (κ3) is 6.21. The Kier molecular flexibility index (Phi) is 6.54. The summed E-state index contributed by atoms with van der Waals surface area (Å²) in [4.78, 5) is 2.11. The van der Waals surface area contributed by atoms with E-state index >= 15 is 0 Å². The number of rotatable bonds is 9. The number of nitrogens with one attached hydrogen (secondary N) is 1. The van der Waals surface area contributed by atoms with Crippen molar-refractivity contribution in [2.75, 3.05) is 40.4 Å². The average Bonchev–Trinajstić information content (AvgIpc) is 2.75. The number of hydrogen-bond acceptors (Lipinski definition) is 4. The summed E-state index contributed by atoms with van der Waals surface area (Å²) >= 11 is 0. The van der Waals surface area contributed by atoms with Gasteiger partial charge in [0.2, 0.25) is 0 Å². The van der Waals surface area contributed by atoms with Gasteiger partial charge in [-0.25, -0.2) is 4.68 Å². The number of hydrogen-bond donors (Lipinski definition) is 1. The third-order valence-electron chi connectivity index (χ3n) is 2.28. The number of nitrogens with zero attached hydrogens (tertiary/aromatic N) is 3. The van der Waals surface area contributed by atoms with Crippen molar-refractivity contribution in [2.24, 2.45) is 0 Å². The largest absolute Gasteiger partial charge is 0.379 e. The highest BCUT2D eigenvalue weighted by Crippen LogP contribution is 1.96.